The summed E-state index contributed by atoms with van der Waals surface area (Å²) < 4.78 is 19.5. The number of fused-ring (bicyclic) bond motifs is 1. The highest BCUT2D eigenvalue weighted by Gasteiger charge is 2.34. The molecule has 2 N–H and O–H groups in total. The number of nitrogens with one attached hydrogen (secondary N) is 1. The Morgan fingerprint density at radius 3 is 2.60 bits per heavy atom. The van der Waals surface area contributed by atoms with Gasteiger partial charge in [0.05, 0.1) is 11.8 Å². The number of benzene rings is 2. The first-order valence-electron chi connectivity index (χ1n) is 9.56. The van der Waals surface area contributed by atoms with Crippen LogP contribution in [-0.2, 0) is 4.79 Å². The Morgan fingerprint density at radius 1 is 1.23 bits per heavy atom. The van der Waals surface area contributed by atoms with E-state index in [0.29, 0.717) is 16.8 Å². The number of aromatic carboxylic acids is 1. The van der Waals surface area contributed by atoms with Gasteiger partial charge in [-0.1, -0.05) is 24.3 Å². The SMILES string of the molecule is CC(C)Oc1ccc(C2CC(=O)Nc3c2sc(C(=O)O)c3-c2cccc(F)c2)cc1. The molecule has 7 heteroatoms. The number of rotatable bonds is 5. The standard InChI is InChI=1S/C23H20FNO4S/c1-12(2)29-16-8-6-13(7-9-16)17-11-18(26)25-20-19(14-4-3-5-15(24)10-14)22(23(27)28)30-21(17)20/h3-10,12,17H,11H2,1-2H3,(H,25,26)(H,27,28). The van der Waals surface area contributed by atoms with Crippen LogP contribution in [0.25, 0.3) is 11.1 Å². The highest BCUT2D eigenvalue weighted by Crippen LogP contribution is 2.49. The molecule has 0 saturated heterocycles. The Kier molecular flexibility index (Phi) is 5.30. The lowest BCUT2D eigenvalue weighted by atomic mass is 9.88. The molecule has 0 saturated carbocycles. The van der Waals surface area contributed by atoms with E-state index in [1.165, 1.54) is 18.2 Å². The zero-order valence-corrected chi connectivity index (χ0v) is 17.3. The average Bonchev–Trinajstić information content (AvgIpc) is 3.07. The quantitative estimate of drug-likeness (QED) is 0.565. The number of carbonyl (C=O) groups excluding carboxylic acids is 1. The first-order chi connectivity index (χ1) is 14.3. The molecular formula is C23H20FNO4S. The largest absolute Gasteiger partial charge is 0.491 e. The monoisotopic (exact) mass is 425 g/mol. The summed E-state index contributed by atoms with van der Waals surface area (Å²) in [6.45, 7) is 3.89. The minimum absolute atomic E-state index is 0.0483. The highest BCUT2D eigenvalue weighted by molar-refractivity contribution is 7.15. The molecule has 1 amide bonds. The number of amides is 1. The summed E-state index contributed by atoms with van der Waals surface area (Å²) in [4.78, 5) is 25.3. The third-order valence-electron chi connectivity index (χ3n) is 4.87. The molecule has 1 unspecified atom stereocenters. The van der Waals surface area contributed by atoms with Crippen LogP contribution in [0.3, 0.4) is 0 Å². The van der Waals surface area contributed by atoms with E-state index in [4.69, 9.17) is 4.74 Å². The van der Waals surface area contributed by atoms with Crippen molar-refractivity contribution in [2.45, 2.75) is 32.3 Å². The lowest BCUT2D eigenvalue weighted by Gasteiger charge is -2.24. The molecule has 0 bridgehead atoms. The summed E-state index contributed by atoms with van der Waals surface area (Å²) >= 11 is 1.12. The minimum Gasteiger partial charge on any atom is -0.491 e. The van der Waals surface area contributed by atoms with Gasteiger partial charge in [0, 0.05) is 22.8 Å². The number of carboxylic acids is 1. The van der Waals surface area contributed by atoms with E-state index in [2.05, 4.69) is 5.32 Å². The summed E-state index contributed by atoms with van der Waals surface area (Å²) in [7, 11) is 0. The van der Waals surface area contributed by atoms with Crippen LogP contribution in [0, 0.1) is 5.82 Å². The molecule has 1 aliphatic rings. The Morgan fingerprint density at radius 2 is 1.97 bits per heavy atom. The van der Waals surface area contributed by atoms with Gasteiger partial charge in [0.15, 0.2) is 0 Å². The number of hydrogen-bond donors (Lipinski definition) is 2. The second-order valence-electron chi connectivity index (χ2n) is 7.40. The summed E-state index contributed by atoms with van der Waals surface area (Å²) in [5.41, 5.74) is 2.12. The molecule has 5 nitrogen and oxygen atoms in total. The molecule has 2 aromatic carbocycles. The van der Waals surface area contributed by atoms with Crippen LogP contribution in [0.4, 0.5) is 10.1 Å². The molecule has 1 aromatic heterocycles. The van der Waals surface area contributed by atoms with Crippen LogP contribution in [0.1, 0.15) is 46.3 Å². The number of hydrogen-bond acceptors (Lipinski definition) is 4. The number of anilines is 1. The number of ether oxygens (including phenoxy) is 1. The van der Waals surface area contributed by atoms with E-state index in [0.717, 1.165) is 27.5 Å². The van der Waals surface area contributed by atoms with Gasteiger partial charge >= 0.3 is 5.97 Å². The lowest BCUT2D eigenvalue weighted by Crippen LogP contribution is -2.22. The van der Waals surface area contributed by atoms with Gasteiger partial charge in [0.25, 0.3) is 0 Å². The normalized spacial score (nSPS) is 15.6. The van der Waals surface area contributed by atoms with Crippen molar-refractivity contribution in [3.8, 4) is 16.9 Å². The smallest absolute Gasteiger partial charge is 0.346 e. The lowest BCUT2D eigenvalue weighted by molar-refractivity contribution is -0.116. The van der Waals surface area contributed by atoms with E-state index in [9.17, 15) is 19.1 Å². The molecule has 154 valence electrons. The maximum Gasteiger partial charge on any atom is 0.346 e. The van der Waals surface area contributed by atoms with Crippen molar-refractivity contribution in [3.05, 3.63) is 69.7 Å². The van der Waals surface area contributed by atoms with Crippen molar-refractivity contribution in [1.29, 1.82) is 0 Å². The van der Waals surface area contributed by atoms with Gasteiger partial charge in [-0.15, -0.1) is 11.3 Å². The maximum atomic E-state index is 13.8. The Hall–Kier alpha value is -3.19. The molecular weight excluding hydrogens is 405 g/mol. The average molecular weight is 425 g/mol. The first-order valence-corrected chi connectivity index (χ1v) is 10.4. The highest BCUT2D eigenvalue weighted by atomic mass is 32.1. The summed E-state index contributed by atoms with van der Waals surface area (Å²) in [6, 6.07) is 13.2. The molecule has 1 aliphatic heterocycles. The Balaban J connectivity index is 1.83. The van der Waals surface area contributed by atoms with Gasteiger partial charge < -0.3 is 15.2 Å². The molecule has 3 aromatic rings. The second-order valence-corrected chi connectivity index (χ2v) is 8.45. The molecule has 4 rings (SSSR count). The van der Waals surface area contributed by atoms with Crippen LogP contribution in [0.2, 0.25) is 0 Å². The van der Waals surface area contributed by atoms with E-state index < -0.39 is 11.8 Å². The first kappa shape index (κ1) is 20.1. The fourth-order valence-corrected chi connectivity index (χ4v) is 4.92. The summed E-state index contributed by atoms with van der Waals surface area (Å²) in [6.07, 6.45) is 0.256. The zero-order chi connectivity index (χ0) is 21.4. The molecule has 1 atom stereocenters. The van der Waals surface area contributed by atoms with Crippen LogP contribution < -0.4 is 10.1 Å². The maximum absolute atomic E-state index is 13.8. The van der Waals surface area contributed by atoms with Crippen molar-refractivity contribution in [3.63, 3.8) is 0 Å². The molecule has 30 heavy (non-hydrogen) atoms. The minimum atomic E-state index is -1.11. The van der Waals surface area contributed by atoms with Gasteiger partial charge in [-0.05, 0) is 49.2 Å². The fraction of sp³-hybridized carbons (Fsp3) is 0.217. The van der Waals surface area contributed by atoms with Crippen molar-refractivity contribution >= 4 is 28.9 Å². The number of carbonyl (C=O) groups is 2. The van der Waals surface area contributed by atoms with E-state index in [1.54, 1.807) is 6.07 Å². The van der Waals surface area contributed by atoms with Crippen LogP contribution in [0.5, 0.6) is 5.75 Å². The number of carboxylic acid groups (broad SMARTS) is 1. The van der Waals surface area contributed by atoms with Crippen molar-refractivity contribution in [1.82, 2.24) is 0 Å². The Bertz CT molecular complexity index is 1120. The third-order valence-corrected chi connectivity index (χ3v) is 6.16. The Labute approximate surface area is 177 Å². The van der Waals surface area contributed by atoms with E-state index in [1.807, 2.05) is 38.1 Å². The second kappa shape index (κ2) is 7.91. The van der Waals surface area contributed by atoms with Crippen LogP contribution >= 0.6 is 11.3 Å². The van der Waals surface area contributed by atoms with Crippen LogP contribution in [-0.4, -0.2) is 23.1 Å². The van der Waals surface area contributed by atoms with Crippen LogP contribution in [0.15, 0.2) is 48.5 Å². The summed E-state index contributed by atoms with van der Waals surface area (Å²) in [5.74, 6) is -1.34. The molecule has 0 radical (unpaired) electrons. The van der Waals surface area contributed by atoms with Gasteiger partial charge in [-0.2, -0.15) is 0 Å². The number of thiophene rings is 1. The van der Waals surface area contributed by atoms with Gasteiger partial charge in [0.2, 0.25) is 5.91 Å². The van der Waals surface area contributed by atoms with Crippen molar-refractivity contribution in [2.75, 3.05) is 5.32 Å². The van der Waals surface area contributed by atoms with E-state index >= 15 is 0 Å². The molecule has 0 fully saturated rings. The number of halogens is 1. The summed E-state index contributed by atoms with van der Waals surface area (Å²) in [5, 5.41) is 12.6. The molecule has 2 heterocycles. The molecule has 0 spiro atoms. The molecule has 0 aliphatic carbocycles. The predicted molar refractivity (Wildman–Crippen MR) is 114 cm³/mol. The van der Waals surface area contributed by atoms with Crippen molar-refractivity contribution < 1.29 is 23.8 Å². The van der Waals surface area contributed by atoms with Gasteiger partial charge in [0.1, 0.15) is 16.4 Å². The topological polar surface area (TPSA) is 75.6 Å². The fourth-order valence-electron chi connectivity index (χ4n) is 3.68. The zero-order valence-electron chi connectivity index (χ0n) is 16.4. The van der Waals surface area contributed by atoms with E-state index in [-0.39, 0.29) is 29.2 Å². The van der Waals surface area contributed by atoms with Gasteiger partial charge in [-0.25, -0.2) is 9.18 Å². The third kappa shape index (κ3) is 3.80. The van der Waals surface area contributed by atoms with Gasteiger partial charge in [-0.3, -0.25) is 4.79 Å². The van der Waals surface area contributed by atoms with Crippen molar-refractivity contribution in [2.24, 2.45) is 0 Å². The predicted octanol–water partition coefficient (Wildman–Crippen LogP) is 5.51.